The monoisotopic (exact) mass is 208 g/mol. The Hall–Kier alpha value is -1.32. The Morgan fingerprint density at radius 1 is 1.53 bits per heavy atom. The normalized spacial score (nSPS) is 14.7. The number of carbonyl (C=O) groups is 1. The van der Waals surface area contributed by atoms with E-state index in [9.17, 15) is 4.79 Å². The third-order valence-corrected chi connectivity index (χ3v) is 2.81. The predicted molar refractivity (Wildman–Crippen MR) is 55.5 cm³/mol. The SMILES string of the molecule is COC(=O)CCn1cc2c(n1)CCCC2. The Balaban J connectivity index is 1.97. The summed E-state index contributed by atoms with van der Waals surface area (Å²) in [6.07, 6.45) is 7.18. The molecule has 0 spiro atoms. The fraction of sp³-hybridized carbons (Fsp3) is 0.636. The third-order valence-electron chi connectivity index (χ3n) is 2.81. The Morgan fingerprint density at radius 3 is 3.07 bits per heavy atom. The van der Waals surface area contributed by atoms with E-state index in [0.29, 0.717) is 13.0 Å². The van der Waals surface area contributed by atoms with Gasteiger partial charge in [-0.1, -0.05) is 0 Å². The van der Waals surface area contributed by atoms with Crippen LogP contribution in [0.4, 0.5) is 0 Å². The summed E-state index contributed by atoms with van der Waals surface area (Å²) in [5.74, 6) is -0.177. The molecule has 0 saturated carbocycles. The minimum Gasteiger partial charge on any atom is -0.469 e. The van der Waals surface area contributed by atoms with Crippen LogP contribution < -0.4 is 0 Å². The summed E-state index contributed by atoms with van der Waals surface area (Å²) >= 11 is 0. The smallest absolute Gasteiger partial charge is 0.307 e. The molecule has 1 aliphatic carbocycles. The molecule has 1 aromatic rings. The van der Waals surface area contributed by atoms with Gasteiger partial charge < -0.3 is 4.74 Å². The molecule has 0 unspecified atom stereocenters. The van der Waals surface area contributed by atoms with E-state index < -0.39 is 0 Å². The van der Waals surface area contributed by atoms with Crippen LogP contribution in [0.5, 0.6) is 0 Å². The summed E-state index contributed by atoms with van der Waals surface area (Å²) in [5, 5.41) is 4.47. The van der Waals surface area contributed by atoms with Crippen molar-refractivity contribution in [3.05, 3.63) is 17.5 Å². The van der Waals surface area contributed by atoms with Crippen molar-refractivity contribution in [2.45, 2.75) is 38.6 Å². The number of aromatic nitrogens is 2. The van der Waals surface area contributed by atoms with E-state index in [0.717, 1.165) is 12.8 Å². The number of nitrogens with zero attached hydrogens (tertiary/aromatic N) is 2. The number of hydrogen-bond donors (Lipinski definition) is 0. The second-order valence-electron chi connectivity index (χ2n) is 3.90. The molecule has 4 heteroatoms. The van der Waals surface area contributed by atoms with Crippen LogP contribution in [0, 0.1) is 0 Å². The van der Waals surface area contributed by atoms with Crippen molar-refractivity contribution in [3.8, 4) is 0 Å². The minimum absolute atomic E-state index is 0.177. The summed E-state index contributed by atoms with van der Waals surface area (Å²) in [6, 6.07) is 0. The molecular weight excluding hydrogens is 192 g/mol. The van der Waals surface area contributed by atoms with Gasteiger partial charge in [0, 0.05) is 6.20 Å². The maximum atomic E-state index is 11.0. The second-order valence-corrected chi connectivity index (χ2v) is 3.90. The molecule has 2 rings (SSSR count). The summed E-state index contributed by atoms with van der Waals surface area (Å²) < 4.78 is 6.46. The summed E-state index contributed by atoms with van der Waals surface area (Å²) in [7, 11) is 1.41. The van der Waals surface area contributed by atoms with Gasteiger partial charge in [-0.15, -0.1) is 0 Å². The largest absolute Gasteiger partial charge is 0.469 e. The van der Waals surface area contributed by atoms with Gasteiger partial charge >= 0.3 is 5.97 Å². The molecule has 0 aliphatic heterocycles. The van der Waals surface area contributed by atoms with Crippen LogP contribution >= 0.6 is 0 Å². The molecular formula is C11H16N2O2. The lowest BCUT2D eigenvalue weighted by atomic mass is 9.99. The van der Waals surface area contributed by atoms with Gasteiger partial charge in [0.1, 0.15) is 0 Å². The summed E-state index contributed by atoms with van der Waals surface area (Å²) in [4.78, 5) is 11.0. The fourth-order valence-electron chi connectivity index (χ4n) is 1.95. The van der Waals surface area contributed by atoms with E-state index in [2.05, 4.69) is 16.0 Å². The first kappa shape index (κ1) is 10.2. The lowest BCUT2D eigenvalue weighted by Gasteiger charge is -2.06. The number of methoxy groups -OCH3 is 1. The minimum atomic E-state index is -0.177. The van der Waals surface area contributed by atoms with Gasteiger partial charge in [-0.25, -0.2) is 0 Å². The Labute approximate surface area is 89.2 Å². The van der Waals surface area contributed by atoms with Gasteiger partial charge in [-0.3, -0.25) is 9.48 Å². The average Bonchev–Trinajstić information content (AvgIpc) is 2.68. The summed E-state index contributed by atoms with van der Waals surface area (Å²) in [5.41, 5.74) is 2.57. The molecule has 0 bridgehead atoms. The van der Waals surface area contributed by atoms with Crippen molar-refractivity contribution in [2.24, 2.45) is 0 Å². The molecule has 1 aliphatic rings. The van der Waals surface area contributed by atoms with E-state index in [1.54, 1.807) is 0 Å². The number of fused-ring (bicyclic) bond motifs is 1. The van der Waals surface area contributed by atoms with Crippen molar-refractivity contribution >= 4 is 5.97 Å². The third kappa shape index (κ3) is 2.37. The van der Waals surface area contributed by atoms with E-state index in [1.165, 1.54) is 31.2 Å². The molecule has 0 fully saturated rings. The first-order chi connectivity index (χ1) is 7.29. The van der Waals surface area contributed by atoms with Crippen molar-refractivity contribution in [3.63, 3.8) is 0 Å². The molecule has 0 aromatic carbocycles. The van der Waals surface area contributed by atoms with Crippen molar-refractivity contribution in [2.75, 3.05) is 7.11 Å². The second kappa shape index (κ2) is 4.47. The zero-order valence-electron chi connectivity index (χ0n) is 9.03. The summed E-state index contributed by atoms with van der Waals surface area (Å²) in [6.45, 7) is 0.625. The highest BCUT2D eigenvalue weighted by Crippen LogP contribution is 2.19. The molecule has 0 atom stereocenters. The molecule has 4 nitrogen and oxygen atoms in total. The van der Waals surface area contributed by atoms with Crippen LogP contribution in [0.25, 0.3) is 0 Å². The molecule has 15 heavy (non-hydrogen) atoms. The van der Waals surface area contributed by atoms with Gasteiger partial charge in [0.25, 0.3) is 0 Å². The number of hydrogen-bond acceptors (Lipinski definition) is 3. The van der Waals surface area contributed by atoms with Gasteiger partial charge in [0.2, 0.25) is 0 Å². The number of carbonyl (C=O) groups excluding carboxylic acids is 1. The highest BCUT2D eigenvalue weighted by atomic mass is 16.5. The number of ether oxygens (including phenoxy) is 1. The molecule has 1 heterocycles. The van der Waals surface area contributed by atoms with E-state index in [-0.39, 0.29) is 5.97 Å². The van der Waals surface area contributed by atoms with E-state index in [4.69, 9.17) is 0 Å². The van der Waals surface area contributed by atoms with Gasteiger partial charge in [-0.2, -0.15) is 5.10 Å². The lowest BCUT2D eigenvalue weighted by molar-refractivity contribution is -0.140. The molecule has 0 N–H and O–H groups in total. The number of aryl methyl sites for hydroxylation is 3. The van der Waals surface area contributed by atoms with Crippen LogP contribution in [-0.2, 0) is 28.9 Å². The van der Waals surface area contributed by atoms with E-state index >= 15 is 0 Å². The molecule has 0 amide bonds. The Kier molecular flexibility index (Phi) is 3.04. The zero-order chi connectivity index (χ0) is 10.7. The predicted octanol–water partition coefficient (Wildman–Crippen LogP) is 1.32. The van der Waals surface area contributed by atoms with Gasteiger partial charge in [0.15, 0.2) is 0 Å². The maximum absolute atomic E-state index is 11.0. The quantitative estimate of drug-likeness (QED) is 0.704. The lowest BCUT2D eigenvalue weighted by Crippen LogP contribution is -2.07. The van der Waals surface area contributed by atoms with Crippen LogP contribution in [-0.4, -0.2) is 22.9 Å². The Bertz CT molecular complexity index is 334. The van der Waals surface area contributed by atoms with E-state index in [1.807, 2.05) is 4.68 Å². The van der Waals surface area contributed by atoms with Crippen LogP contribution in [0.2, 0.25) is 0 Å². The maximum Gasteiger partial charge on any atom is 0.307 e. The van der Waals surface area contributed by atoms with Crippen molar-refractivity contribution in [1.29, 1.82) is 0 Å². The number of rotatable bonds is 3. The van der Waals surface area contributed by atoms with Crippen molar-refractivity contribution < 1.29 is 9.53 Å². The first-order valence-corrected chi connectivity index (χ1v) is 5.41. The van der Waals surface area contributed by atoms with Crippen LogP contribution in [0.15, 0.2) is 6.20 Å². The average molecular weight is 208 g/mol. The van der Waals surface area contributed by atoms with Crippen molar-refractivity contribution in [1.82, 2.24) is 9.78 Å². The first-order valence-electron chi connectivity index (χ1n) is 5.41. The Morgan fingerprint density at radius 2 is 2.33 bits per heavy atom. The topological polar surface area (TPSA) is 44.1 Å². The molecule has 0 radical (unpaired) electrons. The molecule has 82 valence electrons. The fourth-order valence-corrected chi connectivity index (χ4v) is 1.95. The zero-order valence-corrected chi connectivity index (χ0v) is 9.03. The number of esters is 1. The van der Waals surface area contributed by atoms with Crippen LogP contribution in [0.3, 0.4) is 0 Å². The molecule has 0 saturated heterocycles. The highest BCUT2D eigenvalue weighted by molar-refractivity contribution is 5.68. The van der Waals surface area contributed by atoms with Crippen LogP contribution in [0.1, 0.15) is 30.5 Å². The highest BCUT2D eigenvalue weighted by Gasteiger charge is 2.13. The molecule has 1 aromatic heterocycles. The standard InChI is InChI=1S/C11H16N2O2/c1-15-11(14)6-7-13-8-9-4-2-3-5-10(9)12-13/h8H,2-7H2,1H3. The van der Waals surface area contributed by atoms with Gasteiger partial charge in [-0.05, 0) is 31.2 Å². The van der Waals surface area contributed by atoms with Gasteiger partial charge in [0.05, 0.1) is 25.8 Å².